The van der Waals surface area contributed by atoms with Gasteiger partial charge in [-0.25, -0.2) is 0 Å². The second-order valence-corrected chi connectivity index (χ2v) is 4.69. The van der Waals surface area contributed by atoms with Crippen molar-refractivity contribution in [3.05, 3.63) is 0 Å². The van der Waals surface area contributed by atoms with Crippen molar-refractivity contribution < 1.29 is 4.74 Å². The second kappa shape index (κ2) is 5.10. The van der Waals surface area contributed by atoms with Gasteiger partial charge >= 0.3 is 0 Å². The lowest BCUT2D eigenvalue weighted by atomic mass is 10.3. The smallest absolute Gasteiger partial charge is 0.0992 e. The quantitative estimate of drug-likeness (QED) is 0.657. The number of ether oxygens (including phenoxy) is 1. The lowest BCUT2D eigenvalue weighted by Gasteiger charge is -2.23. The minimum Gasteiger partial charge on any atom is -0.365 e. The number of hydrogen-bond acceptors (Lipinski definition) is 3. The summed E-state index contributed by atoms with van der Waals surface area (Å²) in [5, 5.41) is 0.703. The van der Waals surface area contributed by atoms with E-state index in [2.05, 4.69) is 25.0 Å². The Morgan fingerprint density at radius 2 is 2.25 bits per heavy atom. The molecule has 2 nitrogen and oxygen atoms in total. The standard InChI is InChI=1S/C9H19NOS/c1-8(2)10-5-4-9(12-3)6-11-7-10/h8-9H,4-7H2,1-3H3. The van der Waals surface area contributed by atoms with E-state index in [0.29, 0.717) is 11.3 Å². The third kappa shape index (κ3) is 2.96. The summed E-state index contributed by atoms with van der Waals surface area (Å²) in [6, 6.07) is 0.616. The van der Waals surface area contributed by atoms with Gasteiger partial charge in [-0.1, -0.05) is 0 Å². The third-order valence-electron chi connectivity index (χ3n) is 2.36. The predicted octanol–water partition coefficient (Wildman–Crippen LogP) is 1.81. The minimum atomic E-state index is 0.616. The first-order valence-corrected chi connectivity index (χ1v) is 5.87. The molecule has 0 aromatic rings. The molecule has 0 N–H and O–H groups in total. The van der Waals surface area contributed by atoms with Crippen molar-refractivity contribution in [2.45, 2.75) is 31.6 Å². The number of rotatable bonds is 2. The van der Waals surface area contributed by atoms with Crippen LogP contribution in [0.2, 0.25) is 0 Å². The van der Waals surface area contributed by atoms with Crippen LogP contribution >= 0.6 is 11.8 Å². The molecule has 1 saturated heterocycles. The van der Waals surface area contributed by atoms with Crippen molar-refractivity contribution >= 4 is 11.8 Å². The van der Waals surface area contributed by atoms with Crippen LogP contribution in [-0.4, -0.2) is 42.3 Å². The van der Waals surface area contributed by atoms with E-state index in [0.717, 1.165) is 13.3 Å². The molecule has 1 aliphatic rings. The maximum absolute atomic E-state index is 5.58. The maximum Gasteiger partial charge on any atom is 0.0992 e. The maximum atomic E-state index is 5.58. The van der Waals surface area contributed by atoms with Crippen LogP contribution in [0.25, 0.3) is 0 Å². The van der Waals surface area contributed by atoms with Gasteiger partial charge in [-0.2, -0.15) is 11.8 Å². The molecule has 0 aromatic heterocycles. The fraction of sp³-hybridized carbons (Fsp3) is 1.00. The topological polar surface area (TPSA) is 12.5 Å². The van der Waals surface area contributed by atoms with Crippen molar-refractivity contribution in [3.8, 4) is 0 Å². The Morgan fingerprint density at radius 1 is 1.50 bits per heavy atom. The van der Waals surface area contributed by atoms with E-state index in [-0.39, 0.29) is 0 Å². The second-order valence-electron chi connectivity index (χ2n) is 3.55. The highest BCUT2D eigenvalue weighted by atomic mass is 32.2. The van der Waals surface area contributed by atoms with Gasteiger partial charge in [0.1, 0.15) is 0 Å². The Kier molecular flexibility index (Phi) is 4.40. The number of hydrogen-bond donors (Lipinski definition) is 0. The molecule has 0 aliphatic carbocycles. The van der Waals surface area contributed by atoms with Gasteiger partial charge in [0, 0.05) is 17.8 Å². The summed E-state index contributed by atoms with van der Waals surface area (Å²) in [5.74, 6) is 0. The van der Waals surface area contributed by atoms with E-state index >= 15 is 0 Å². The van der Waals surface area contributed by atoms with Crippen molar-refractivity contribution in [2.24, 2.45) is 0 Å². The van der Waals surface area contributed by atoms with E-state index in [1.54, 1.807) is 0 Å². The first kappa shape index (κ1) is 10.4. The lowest BCUT2D eigenvalue weighted by Crippen LogP contribution is -2.32. The molecule has 0 saturated carbocycles. The summed E-state index contributed by atoms with van der Waals surface area (Å²) in [6.45, 7) is 7.37. The molecule has 1 rings (SSSR count). The van der Waals surface area contributed by atoms with Crippen molar-refractivity contribution in [3.63, 3.8) is 0 Å². The van der Waals surface area contributed by atoms with Gasteiger partial charge in [-0.15, -0.1) is 0 Å². The summed E-state index contributed by atoms with van der Waals surface area (Å²) >= 11 is 1.92. The van der Waals surface area contributed by atoms with Crippen molar-refractivity contribution in [2.75, 3.05) is 26.1 Å². The molecule has 0 bridgehead atoms. The molecular weight excluding hydrogens is 170 g/mol. The molecule has 12 heavy (non-hydrogen) atoms. The van der Waals surface area contributed by atoms with Gasteiger partial charge < -0.3 is 4.74 Å². The van der Waals surface area contributed by atoms with Crippen molar-refractivity contribution in [1.29, 1.82) is 0 Å². The fourth-order valence-corrected chi connectivity index (χ4v) is 1.93. The van der Waals surface area contributed by atoms with Crippen LogP contribution in [0.15, 0.2) is 0 Å². The van der Waals surface area contributed by atoms with E-state index in [1.807, 2.05) is 11.8 Å². The molecule has 1 atom stereocenters. The van der Waals surface area contributed by atoms with Crippen molar-refractivity contribution in [1.82, 2.24) is 4.90 Å². The van der Waals surface area contributed by atoms with E-state index in [9.17, 15) is 0 Å². The Balaban J connectivity index is 2.34. The average Bonchev–Trinajstić information content (AvgIpc) is 2.28. The normalized spacial score (nSPS) is 27.5. The summed E-state index contributed by atoms with van der Waals surface area (Å²) in [4.78, 5) is 2.39. The fourth-order valence-electron chi connectivity index (χ4n) is 1.35. The zero-order valence-electron chi connectivity index (χ0n) is 8.25. The SMILES string of the molecule is CSC1CCN(C(C)C)COC1. The third-order valence-corrected chi connectivity index (χ3v) is 3.40. The summed E-state index contributed by atoms with van der Waals surface area (Å²) in [7, 11) is 0. The molecule has 0 radical (unpaired) electrons. The largest absolute Gasteiger partial charge is 0.365 e. The van der Waals surface area contributed by atoms with Gasteiger partial charge in [0.25, 0.3) is 0 Å². The van der Waals surface area contributed by atoms with Crippen LogP contribution in [-0.2, 0) is 4.74 Å². The monoisotopic (exact) mass is 189 g/mol. The molecule has 1 unspecified atom stereocenters. The van der Waals surface area contributed by atoms with Gasteiger partial charge in [0.15, 0.2) is 0 Å². The first-order chi connectivity index (χ1) is 5.74. The van der Waals surface area contributed by atoms with Gasteiger partial charge in [0.2, 0.25) is 0 Å². The molecule has 3 heteroatoms. The van der Waals surface area contributed by atoms with Crippen LogP contribution in [0.1, 0.15) is 20.3 Å². The molecule has 0 amide bonds. The number of thioether (sulfide) groups is 1. The van der Waals surface area contributed by atoms with Crippen LogP contribution in [0.4, 0.5) is 0 Å². The average molecular weight is 189 g/mol. The van der Waals surface area contributed by atoms with Crippen LogP contribution < -0.4 is 0 Å². The lowest BCUT2D eigenvalue weighted by molar-refractivity contribution is 0.0341. The summed E-state index contributed by atoms with van der Waals surface area (Å²) in [5.41, 5.74) is 0. The van der Waals surface area contributed by atoms with E-state index < -0.39 is 0 Å². The van der Waals surface area contributed by atoms with E-state index in [4.69, 9.17) is 4.74 Å². The van der Waals surface area contributed by atoms with Gasteiger partial charge in [0.05, 0.1) is 13.3 Å². The molecule has 1 fully saturated rings. The zero-order chi connectivity index (χ0) is 8.97. The zero-order valence-corrected chi connectivity index (χ0v) is 9.06. The predicted molar refractivity (Wildman–Crippen MR) is 54.6 cm³/mol. The van der Waals surface area contributed by atoms with Gasteiger partial charge in [-0.3, -0.25) is 4.90 Å². The van der Waals surface area contributed by atoms with Gasteiger partial charge in [-0.05, 0) is 26.5 Å². The number of nitrogens with zero attached hydrogens (tertiary/aromatic N) is 1. The Hall–Kier alpha value is 0.270. The Morgan fingerprint density at radius 3 is 2.83 bits per heavy atom. The molecule has 1 aliphatic heterocycles. The highest BCUT2D eigenvalue weighted by molar-refractivity contribution is 7.99. The van der Waals surface area contributed by atoms with Crippen LogP contribution in [0, 0.1) is 0 Å². The minimum absolute atomic E-state index is 0.616. The van der Waals surface area contributed by atoms with Crippen LogP contribution in [0.5, 0.6) is 0 Å². The van der Waals surface area contributed by atoms with Crippen LogP contribution in [0.3, 0.4) is 0 Å². The molecule has 1 heterocycles. The molecule has 0 spiro atoms. The molecule has 72 valence electrons. The Labute approximate surface area is 79.6 Å². The first-order valence-electron chi connectivity index (χ1n) is 4.58. The highest BCUT2D eigenvalue weighted by Crippen LogP contribution is 2.16. The van der Waals surface area contributed by atoms with E-state index in [1.165, 1.54) is 13.0 Å². The molecular formula is C9H19NOS. The summed E-state index contributed by atoms with van der Waals surface area (Å²) in [6.07, 6.45) is 3.43. The highest BCUT2D eigenvalue weighted by Gasteiger charge is 2.17. The Bertz CT molecular complexity index is 130. The summed E-state index contributed by atoms with van der Waals surface area (Å²) < 4.78 is 5.58. The molecule has 0 aromatic carbocycles.